The van der Waals surface area contributed by atoms with E-state index in [1.165, 1.54) is 26.2 Å². The van der Waals surface area contributed by atoms with Crippen LogP contribution >= 0.6 is 0 Å². The molecule has 0 radical (unpaired) electrons. The van der Waals surface area contributed by atoms with Gasteiger partial charge in [-0.1, -0.05) is 24.3 Å². The van der Waals surface area contributed by atoms with Gasteiger partial charge in [0, 0.05) is 7.11 Å². The number of halogens is 2. The first-order chi connectivity index (χ1) is 8.95. The van der Waals surface area contributed by atoms with Gasteiger partial charge in [-0.2, -0.15) is 8.78 Å². The zero-order valence-corrected chi connectivity index (χ0v) is 10.7. The molecule has 19 heavy (non-hydrogen) atoms. The maximum atomic E-state index is 13.7. The monoisotopic (exact) mass is 274 g/mol. The summed E-state index contributed by atoms with van der Waals surface area (Å²) in [5.74, 6) is -5.74. The third kappa shape index (κ3) is 3.48. The van der Waals surface area contributed by atoms with Crippen molar-refractivity contribution in [1.29, 1.82) is 0 Å². The first-order valence-corrected chi connectivity index (χ1v) is 5.75. The third-order valence-electron chi connectivity index (χ3n) is 2.54. The summed E-state index contributed by atoms with van der Waals surface area (Å²) in [7, 11) is 1.41. The van der Waals surface area contributed by atoms with Gasteiger partial charge in [-0.05, 0) is 18.1 Å². The van der Waals surface area contributed by atoms with Gasteiger partial charge in [0.15, 0.2) is 6.10 Å². The van der Waals surface area contributed by atoms with Gasteiger partial charge in [0.25, 0.3) is 0 Å². The van der Waals surface area contributed by atoms with Gasteiger partial charge in [-0.3, -0.25) is 0 Å². The Morgan fingerprint density at radius 3 is 2.63 bits per heavy atom. The zero-order chi connectivity index (χ0) is 14.5. The minimum absolute atomic E-state index is 0.0533. The van der Waals surface area contributed by atoms with Crippen molar-refractivity contribution < 1.29 is 28.2 Å². The largest absolute Gasteiger partial charge is 0.461 e. The SMILES string of the molecule is CCOC(=O)C(F)(F)C(O)c1ccccc1COC. The van der Waals surface area contributed by atoms with Crippen LogP contribution < -0.4 is 0 Å². The fourth-order valence-electron chi connectivity index (χ4n) is 1.62. The summed E-state index contributed by atoms with van der Waals surface area (Å²) in [6.07, 6.45) is -2.27. The second kappa shape index (κ2) is 6.58. The Labute approximate surface area is 109 Å². The van der Waals surface area contributed by atoms with Crippen LogP contribution in [0, 0.1) is 0 Å². The maximum Gasteiger partial charge on any atom is 0.380 e. The molecule has 0 bridgehead atoms. The molecule has 1 aromatic rings. The predicted octanol–water partition coefficient (Wildman–Crippen LogP) is 2.06. The highest BCUT2D eigenvalue weighted by molar-refractivity contribution is 5.78. The van der Waals surface area contributed by atoms with E-state index in [2.05, 4.69) is 4.74 Å². The number of aliphatic hydroxyl groups is 1. The van der Waals surface area contributed by atoms with Gasteiger partial charge in [0.05, 0.1) is 13.2 Å². The van der Waals surface area contributed by atoms with Gasteiger partial charge in [-0.15, -0.1) is 0 Å². The van der Waals surface area contributed by atoms with Crippen LogP contribution in [0.5, 0.6) is 0 Å². The van der Waals surface area contributed by atoms with Crippen LogP contribution in [-0.2, 0) is 20.9 Å². The van der Waals surface area contributed by atoms with Crippen LogP contribution in [0.2, 0.25) is 0 Å². The van der Waals surface area contributed by atoms with Gasteiger partial charge < -0.3 is 14.6 Å². The van der Waals surface area contributed by atoms with Crippen molar-refractivity contribution in [1.82, 2.24) is 0 Å². The Morgan fingerprint density at radius 1 is 1.42 bits per heavy atom. The number of rotatable bonds is 6. The van der Waals surface area contributed by atoms with Gasteiger partial charge in [0.2, 0.25) is 0 Å². The lowest BCUT2D eigenvalue weighted by Gasteiger charge is -2.22. The number of methoxy groups -OCH3 is 1. The van der Waals surface area contributed by atoms with Gasteiger partial charge in [0.1, 0.15) is 0 Å². The summed E-state index contributed by atoms with van der Waals surface area (Å²) in [6.45, 7) is 1.30. The Hall–Kier alpha value is -1.53. The number of esters is 1. The number of hydrogen-bond donors (Lipinski definition) is 1. The number of alkyl halides is 2. The van der Waals surface area contributed by atoms with E-state index < -0.39 is 18.0 Å². The summed E-state index contributed by atoms with van der Waals surface area (Å²) < 4.78 is 36.6. The molecule has 0 aliphatic carbocycles. The molecule has 0 spiro atoms. The van der Waals surface area contributed by atoms with Crippen LogP contribution in [0.25, 0.3) is 0 Å². The fourth-order valence-corrected chi connectivity index (χ4v) is 1.62. The van der Waals surface area contributed by atoms with E-state index in [9.17, 15) is 18.7 Å². The van der Waals surface area contributed by atoms with Crippen molar-refractivity contribution in [2.24, 2.45) is 0 Å². The maximum absolute atomic E-state index is 13.7. The predicted molar refractivity (Wildman–Crippen MR) is 63.7 cm³/mol. The minimum Gasteiger partial charge on any atom is -0.461 e. The average molecular weight is 274 g/mol. The molecule has 0 heterocycles. The highest BCUT2D eigenvalue weighted by atomic mass is 19.3. The van der Waals surface area contributed by atoms with E-state index in [-0.39, 0.29) is 18.8 Å². The lowest BCUT2D eigenvalue weighted by atomic mass is 9.98. The quantitative estimate of drug-likeness (QED) is 0.807. The van der Waals surface area contributed by atoms with E-state index in [1.807, 2.05) is 0 Å². The van der Waals surface area contributed by atoms with Crippen molar-refractivity contribution in [3.05, 3.63) is 35.4 Å². The topological polar surface area (TPSA) is 55.8 Å². The minimum atomic E-state index is -4.00. The molecule has 0 aliphatic heterocycles. The van der Waals surface area contributed by atoms with E-state index in [4.69, 9.17) is 4.74 Å². The highest BCUT2D eigenvalue weighted by Crippen LogP contribution is 2.34. The summed E-state index contributed by atoms with van der Waals surface area (Å²) in [5.41, 5.74) is 0.337. The van der Waals surface area contributed by atoms with Crippen LogP contribution in [0.4, 0.5) is 8.78 Å². The number of ether oxygens (including phenoxy) is 2. The molecule has 0 fully saturated rings. The summed E-state index contributed by atoms with van der Waals surface area (Å²) in [4.78, 5) is 11.2. The number of carbonyl (C=O) groups is 1. The first kappa shape index (κ1) is 15.5. The first-order valence-electron chi connectivity index (χ1n) is 5.75. The smallest absolute Gasteiger partial charge is 0.380 e. The van der Waals surface area contributed by atoms with Crippen LogP contribution in [0.15, 0.2) is 24.3 Å². The Bertz CT molecular complexity index is 434. The number of carbonyl (C=O) groups excluding carboxylic acids is 1. The molecule has 0 saturated carbocycles. The van der Waals surface area contributed by atoms with Crippen molar-refractivity contribution in [3.8, 4) is 0 Å². The number of aliphatic hydroxyl groups excluding tert-OH is 1. The average Bonchev–Trinajstić information content (AvgIpc) is 2.39. The molecule has 1 aromatic carbocycles. The summed E-state index contributed by atoms with van der Waals surface area (Å²) in [6, 6.07) is 6.00. The summed E-state index contributed by atoms with van der Waals surface area (Å²) >= 11 is 0. The highest BCUT2D eigenvalue weighted by Gasteiger charge is 2.49. The molecule has 0 saturated heterocycles. The number of benzene rings is 1. The van der Waals surface area contributed by atoms with E-state index >= 15 is 0 Å². The van der Waals surface area contributed by atoms with Crippen molar-refractivity contribution in [2.45, 2.75) is 25.6 Å². The molecule has 0 aromatic heterocycles. The van der Waals surface area contributed by atoms with E-state index in [1.54, 1.807) is 12.1 Å². The van der Waals surface area contributed by atoms with Crippen LogP contribution in [0.3, 0.4) is 0 Å². The summed E-state index contributed by atoms with van der Waals surface area (Å²) in [5, 5.41) is 9.75. The normalized spacial score (nSPS) is 13.1. The Morgan fingerprint density at radius 2 is 2.05 bits per heavy atom. The molecule has 6 heteroatoms. The third-order valence-corrected chi connectivity index (χ3v) is 2.54. The zero-order valence-electron chi connectivity index (χ0n) is 10.7. The van der Waals surface area contributed by atoms with Crippen molar-refractivity contribution in [3.63, 3.8) is 0 Å². The molecular formula is C13H16F2O4. The van der Waals surface area contributed by atoms with Gasteiger partial charge >= 0.3 is 11.9 Å². The number of hydrogen-bond acceptors (Lipinski definition) is 4. The van der Waals surface area contributed by atoms with E-state index in [0.29, 0.717) is 5.56 Å². The van der Waals surface area contributed by atoms with Crippen LogP contribution in [0.1, 0.15) is 24.2 Å². The molecule has 0 aliphatic rings. The molecule has 1 atom stereocenters. The molecule has 1 rings (SSSR count). The van der Waals surface area contributed by atoms with Crippen LogP contribution in [-0.4, -0.2) is 30.7 Å². The molecule has 1 N–H and O–H groups in total. The second-order valence-corrected chi connectivity index (χ2v) is 3.88. The molecule has 1 unspecified atom stereocenters. The van der Waals surface area contributed by atoms with Gasteiger partial charge in [-0.25, -0.2) is 4.79 Å². The van der Waals surface area contributed by atoms with Crippen molar-refractivity contribution >= 4 is 5.97 Å². The molecule has 106 valence electrons. The van der Waals surface area contributed by atoms with Crippen molar-refractivity contribution in [2.75, 3.05) is 13.7 Å². The molecule has 4 nitrogen and oxygen atoms in total. The molecular weight excluding hydrogens is 258 g/mol. The lowest BCUT2D eigenvalue weighted by molar-refractivity contribution is -0.189. The fraction of sp³-hybridized carbons (Fsp3) is 0.462. The molecule has 0 amide bonds. The Balaban J connectivity index is 3.05. The Kier molecular flexibility index (Phi) is 5.38. The second-order valence-electron chi connectivity index (χ2n) is 3.88. The lowest BCUT2D eigenvalue weighted by Crippen LogP contribution is -2.37. The van der Waals surface area contributed by atoms with E-state index in [0.717, 1.165) is 0 Å². The standard InChI is InChI=1S/C13H16F2O4/c1-3-19-12(17)13(14,15)11(16)10-7-5-4-6-9(10)8-18-2/h4-7,11,16H,3,8H2,1-2H3.